The molecule has 0 bridgehead atoms. The third-order valence-electron chi connectivity index (χ3n) is 4.06. The SMILES string of the molecule is COc1nc(/C=C2\CCC/C(=C\c3c[nH]c(=O)c(OC)n3)C2=O)c[nH]c1=O. The second-order valence-electron chi connectivity index (χ2n) is 5.85. The van der Waals surface area contributed by atoms with Crippen molar-refractivity contribution in [3.8, 4) is 11.8 Å². The zero-order valence-electron chi connectivity index (χ0n) is 14.9. The number of methoxy groups -OCH3 is 2. The molecule has 0 saturated heterocycles. The summed E-state index contributed by atoms with van der Waals surface area (Å²) in [6.07, 6.45) is 8.10. The normalized spacial score (nSPS) is 17.3. The Balaban J connectivity index is 1.91. The van der Waals surface area contributed by atoms with E-state index in [1.165, 1.54) is 26.6 Å². The minimum Gasteiger partial charge on any atom is -0.477 e. The average Bonchev–Trinajstić information content (AvgIpc) is 2.67. The summed E-state index contributed by atoms with van der Waals surface area (Å²) in [6.45, 7) is 0. The van der Waals surface area contributed by atoms with E-state index in [0.29, 0.717) is 35.4 Å². The molecule has 27 heavy (non-hydrogen) atoms. The lowest BCUT2D eigenvalue weighted by Gasteiger charge is -2.16. The van der Waals surface area contributed by atoms with E-state index in [2.05, 4.69) is 19.9 Å². The quantitative estimate of drug-likeness (QED) is 0.771. The van der Waals surface area contributed by atoms with Gasteiger partial charge in [0.2, 0.25) is 0 Å². The number of carbonyl (C=O) groups is 1. The van der Waals surface area contributed by atoms with Crippen molar-refractivity contribution >= 4 is 17.9 Å². The minimum atomic E-state index is -0.437. The molecule has 1 saturated carbocycles. The average molecular weight is 370 g/mol. The van der Waals surface area contributed by atoms with Gasteiger partial charge in [0.1, 0.15) is 0 Å². The van der Waals surface area contributed by atoms with E-state index >= 15 is 0 Å². The van der Waals surface area contributed by atoms with Crippen molar-refractivity contribution in [3.05, 3.63) is 55.6 Å². The summed E-state index contributed by atoms with van der Waals surface area (Å²) in [7, 11) is 2.71. The zero-order valence-corrected chi connectivity index (χ0v) is 14.9. The number of ketones is 1. The Morgan fingerprint density at radius 1 is 0.852 bits per heavy atom. The van der Waals surface area contributed by atoms with Gasteiger partial charge in [-0.3, -0.25) is 14.4 Å². The Bertz CT molecular complexity index is 967. The Labute approximate surface area is 153 Å². The Kier molecular flexibility index (Phi) is 5.30. The Morgan fingerprint density at radius 3 is 1.70 bits per heavy atom. The molecular formula is C18H18N4O5. The summed E-state index contributed by atoms with van der Waals surface area (Å²) in [6, 6.07) is 0. The number of aromatic nitrogens is 4. The molecule has 0 unspecified atom stereocenters. The molecule has 2 N–H and O–H groups in total. The lowest BCUT2D eigenvalue weighted by atomic mass is 9.88. The van der Waals surface area contributed by atoms with Gasteiger partial charge >= 0.3 is 11.1 Å². The van der Waals surface area contributed by atoms with Crippen LogP contribution in [-0.4, -0.2) is 39.9 Å². The molecule has 0 atom stereocenters. The first-order valence-electron chi connectivity index (χ1n) is 8.25. The lowest BCUT2D eigenvalue weighted by molar-refractivity contribution is -0.112. The molecule has 2 aromatic rings. The van der Waals surface area contributed by atoms with Crippen LogP contribution in [0, 0.1) is 0 Å². The molecule has 0 aromatic carbocycles. The van der Waals surface area contributed by atoms with E-state index in [-0.39, 0.29) is 17.5 Å². The van der Waals surface area contributed by atoms with Gasteiger partial charge in [-0.05, 0) is 31.4 Å². The predicted molar refractivity (Wildman–Crippen MR) is 97.6 cm³/mol. The molecule has 0 radical (unpaired) electrons. The third-order valence-corrected chi connectivity index (χ3v) is 4.06. The summed E-state index contributed by atoms with van der Waals surface area (Å²) in [5, 5.41) is 0. The largest absolute Gasteiger partial charge is 0.477 e. The van der Waals surface area contributed by atoms with Gasteiger partial charge < -0.3 is 19.4 Å². The van der Waals surface area contributed by atoms with Gasteiger partial charge in [0, 0.05) is 23.5 Å². The maximum atomic E-state index is 12.8. The number of hydrogen-bond donors (Lipinski definition) is 2. The van der Waals surface area contributed by atoms with E-state index < -0.39 is 11.1 Å². The minimum absolute atomic E-state index is 0.0621. The lowest BCUT2D eigenvalue weighted by Crippen LogP contribution is -2.15. The van der Waals surface area contributed by atoms with E-state index in [4.69, 9.17) is 9.47 Å². The second kappa shape index (κ2) is 7.81. The third kappa shape index (κ3) is 4.02. The molecule has 140 valence electrons. The number of allylic oxidation sites excluding steroid dienone is 2. The van der Waals surface area contributed by atoms with Crippen molar-refractivity contribution in [1.82, 2.24) is 19.9 Å². The van der Waals surface area contributed by atoms with Crippen molar-refractivity contribution in [2.45, 2.75) is 19.3 Å². The molecule has 1 aliphatic rings. The van der Waals surface area contributed by atoms with Crippen LogP contribution >= 0.6 is 0 Å². The maximum Gasteiger partial charge on any atom is 0.310 e. The number of rotatable bonds is 4. The molecule has 0 spiro atoms. The molecule has 1 fully saturated rings. The number of nitrogens with one attached hydrogen (secondary N) is 2. The molecule has 3 rings (SSSR count). The first-order chi connectivity index (χ1) is 13.0. The highest BCUT2D eigenvalue weighted by molar-refractivity contribution is 6.13. The van der Waals surface area contributed by atoms with Gasteiger partial charge in [-0.15, -0.1) is 0 Å². The van der Waals surface area contributed by atoms with E-state index in [9.17, 15) is 14.4 Å². The second-order valence-corrected chi connectivity index (χ2v) is 5.85. The zero-order chi connectivity index (χ0) is 19.4. The van der Waals surface area contributed by atoms with Crippen molar-refractivity contribution in [1.29, 1.82) is 0 Å². The highest BCUT2D eigenvalue weighted by Crippen LogP contribution is 2.27. The van der Waals surface area contributed by atoms with Crippen molar-refractivity contribution < 1.29 is 14.3 Å². The number of Topliss-reactive ketones (excluding diaryl/α,β-unsaturated/α-hetero) is 1. The van der Waals surface area contributed by atoms with Crippen LogP contribution in [0.3, 0.4) is 0 Å². The number of nitrogens with zero attached hydrogens (tertiary/aromatic N) is 2. The summed E-state index contributed by atoms with van der Waals surface area (Å²) in [5.41, 5.74) is 1.14. The topological polar surface area (TPSA) is 127 Å². The van der Waals surface area contributed by atoms with E-state index in [0.717, 1.165) is 6.42 Å². The van der Waals surface area contributed by atoms with Crippen LogP contribution in [0.25, 0.3) is 12.2 Å². The monoisotopic (exact) mass is 370 g/mol. The fraction of sp³-hybridized carbons (Fsp3) is 0.278. The number of H-pyrrole nitrogens is 2. The fourth-order valence-electron chi connectivity index (χ4n) is 2.76. The van der Waals surface area contributed by atoms with Crippen LogP contribution in [0.5, 0.6) is 11.8 Å². The molecule has 9 heteroatoms. The van der Waals surface area contributed by atoms with Crippen LogP contribution < -0.4 is 20.6 Å². The van der Waals surface area contributed by atoms with Gasteiger partial charge in [0.05, 0.1) is 25.6 Å². The number of aromatic amines is 2. The highest BCUT2D eigenvalue weighted by Gasteiger charge is 2.21. The number of ether oxygens (including phenoxy) is 2. The standard InChI is InChI=1S/C18H18N4O5/c1-26-17-15(24)19-8-12(21-17)6-10-4-3-5-11(14(10)23)7-13-9-20-16(25)18(22-13)27-2/h6-9H,3-5H2,1-2H3,(H,19,24)(H,20,25)/b10-6+,11-7+. The maximum absolute atomic E-state index is 12.8. The molecule has 9 nitrogen and oxygen atoms in total. The van der Waals surface area contributed by atoms with Crippen LogP contribution in [0.4, 0.5) is 0 Å². The summed E-state index contributed by atoms with van der Waals surface area (Å²) >= 11 is 0. The van der Waals surface area contributed by atoms with Crippen molar-refractivity contribution in [2.24, 2.45) is 0 Å². The van der Waals surface area contributed by atoms with Gasteiger partial charge in [0.25, 0.3) is 11.8 Å². The molecule has 2 heterocycles. The molecule has 2 aromatic heterocycles. The molecule has 0 aliphatic heterocycles. The smallest absolute Gasteiger partial charge is 0.310 e. The summed E-state index contributed by atoms with van der Waals surface area (Å²) in [5.74, 6) is -0.249. The predicted octanol–water partition coefficient (Wildman–Crippen LogP) is 1.09. The van der Waals surface area contributed by atoms with Crippen LogP contribution in [0.2, 0.25) is 0 Å². The van der Waals surface area contributed by atoms with E-state index in [1.807, 2.05) is 0 Å². The van der Waals surface area contributed by atoms with Crippen LogP contribution in [-0.2, 0) is 4.79 Å². The van der Waals surface area contributed by atoms with E-state index in [1.54, 1.807) is 12.2 Å². The van der Waals surface area contributed by atoms with Gasteiger partial charge in [0.15, 0.2) is 5.78 Å². The van der Waals surface area contributed by atoms with Gasteiger partial charge in [-0.25, -0.2) is 9.97 Å². The first-order valence-corrected chi connectivity index (χ1v) is 8.25. The number of carbonyl (C=O) groups excluding carboxylic acids is 1. The van der Waals surface area contributed by atoms with Crippen LogP contribution in [0.1, 0.15) is 30.7 Å². The Morgan fingerprint density at radius 2 is 1.30 bits per heavy atom. The van der Waals surface area contributed by atoms with Crippen molar-refractivity contribution in [3.63, 3.8) is 0 Å². The highest BCUT2D eigenvalue weighted by atomic mass is 16.5. The molecular weight excluding hydrogens is 352 g/mol. The summed E-state index contributed by atoms with van der Waals surface area (Å²) in [4.78, 5) is 49.0. The van der Waals surface area contributed by atoms with Crippen LogP contribution in [0.15, 0.2) is 33.1 Å². The summed E-state index contributed by atoms with van der Waals surface area (Å²) < 4.78 is 9.81. The molecule has 1 aliphatic carbocycles. The fourth-order valence-corrected chi connectivity index (χ4v) is 2.76. The number of hydrogen-bond acceptors (Lipinski definition) is 7. The first kappa shape index (κ1) is 18.3. The van der Waals surface area contributed by atoms with Crippen molar-refractivity contribution in [2.75, 3.05) is 14.2 Å². The molecule has 0 amide bonds. The van der Waals surface area contributed by atoms with Gasteiger partial charge in [-0.1, -0.05) is 0 Å². The van der Waals surface area contributed by atoms with Gasteiger partial charge in [-0.2, -0.15) is 0 Å². The Hall–Kier alpha value is -3.49.